The number of thiazole rings is 1. The van der Waals surface area contributed by atoms with Crippen LogP contribution in [0.1, 0.15) is 18.1 Å². The second-order valence-electron chi connectivity index (χ2n) is 6.43. The lowest BCUT2D eigenvalue weighted by Crippen LogP contribution is -2.16. The maximum Gasteiger partial charge on any atom is 0.416 e. The molecule has 0 radical (unpaired) electrons. The molecule has 0 amide bonds. The lowest BCUT2D eigenvalue weighted by Gasteiger charge is -2.12. The van der Waals surface area contributed by atoms with Crippen molar-refractivity contribution in [1.29, 1.82) is 5.41 Å². The van der Waals surface area contributed by atoms with Crippen molar-refractivity contribution in [1.82, 2.24) is 4.98 Å². The summed E-state index contributed by atoms with van der Waals surface area (Å²) in [4.78, 5) is 16.1. The second kappa shape index (κ2) is 8.68. The minimum absolute atomic E-state index is 0.0155. The van der Waals surface area contributed by atoms with Gasteiger partial charge in [0.1, 0.15) is 11.5 Å². The molecule has 1 heterocycles. The zero-order valence-corrected chi connectivity index (χ0v) is 16.7. The Bertz CT molecular complexity index is 1170. The summed E-state index contributed by atoms with van der Waals surface area (Å²) >= 11 is 1.04. The van der Waals surface area contributed by atoms with Crippen molar-refractivity contribution < 1.29 is 27.5 Å². The van der Waals surface area contributed by atoms with E-state index in [2.05, 4.69) is 10.3 Å². The van der Waals surface area contributed by atoms with E-state index in [1.165, 1.54) is 37.3 Å². The van der Waals surface area contributed by atoms with E-state index in [4.69, 9.17) is 5.41 Å². The Labute approximate surface area is 178 Å². The molecule has 0 unspecified atom stereocenters. The molecule has 10 heteroatoms. The van der Waals surface area contributed by atoms with Crippen LogP contribution in [0.15, 0.2) is 59.6 Å². The highest BCUT2D eigenvalue weighted by atomic mass is 32.1. The molecule has 0 spiro atoms. The Morgan fingerprint density at radius 2 is 1.84 bits per heavy atom. The molecule has 3 aromatic rings. The number of carboxylic acid groups (broad SMARTS) is 1. The molecule has 0 aliphatic rings. The number of halogens is 4. The molecular formula is C21H15F4N3O2S. The summed E-state index contributed by atoms with van der Waals surface area (Å²) in [5.41, 5.74) is -0.296. The maximum atomic E-state index is 13.6. The first-order valence-corrected chi connectivity index (χ1v) is 9.63. The Kier molecular flexibility index (Phi) is 6.21. The van der Waals surface area contributed by atoms with Gasteiger partial charge >= 0.3 is 12.1 Å². The number of carbonyl (C=O) groups is 1. The third kappa shape index (κ3) is 5.15. The third-order valence-electron chi connectivity index (χ3n) is 4.20. The number of nitrogens with one attached hydrogen (secondary N) is 2. The smallest absolute Gasteiger partial charge is 0.416 e. The van der Waals surface area contributed by atoms with Gasteiger partial charge < -0.3 is 15.8 Å². The van der Waals surface area contributed by atoms with E-state index in [9.17, 15) is 27.5 Å². The van der Waals surface area contributed by atoms with Crippen LogP contribution in [0.3, 0.4) is 0 Å². The van der Waals surface area contributed by atoms with Gasteiger partial charge in [0, 0.05) is 22.2 Å². The van der Waals surface area contributed by atoms with Crippen molar-refractivity contribution in [3.8, 4) is 11.3 Å². The topological polar surface area (TPSA) is 86.1 Å². The molecule has 0 aliphatic carbocycles. The number of nitrogens with zero attached hydrogens (tertiary/aromatic N) is 1. The van der Waals surface area contributed by atoms with Crippen LogP contribution in [-0.2, 0) is 11.0 Å². The number of anilines is 1. The standard InChI is InChI=1S/C21H15F4N3O2S/c1-11(26)17(13-3-2-4-15(22)9-13)18(19(29)30)28-20-27-16(10-31-20)12-5-7-14(8-6-12)21(23,24)25/h2-10,26H,1H3,(H,27,28)(H,29,30)/b18-17+,26-11?. The molecule has 0 aliphatic heterocycles. The molecule has 0 fully saturated rings. The summed E-state index contributed by atoms with van der Waals surface area (Å²) in [7, 11) is 0. The highest BCUT2D eigenvalue weighted by Crippen LogP contribution is 2.32. The number of rotatable bonds is 6. The fourth-order valence-electron chi connectivity index (χ4n) is 2.82. The first-order chi connectivity index (χ1) is 14.6. The number of carboxylic acids is 1. The summed E-state index contributed by atoms with van der Waals surface area (Å²) < 4.78 is 51.8. The molecule has 0 saturated heterocycles. The maximum absolute atomic E-state index is 13.6. The average molecular weight is 449 g/mol. The number of hydrogen-bond acceptors (Lipinski definition) is 5. The van der Waals surface area contributed by atoms with E-state index in [1.54, 1.807) is 5.38 Å². The van der Waals surface area contributed by atoms with Gasteiger partial charge in [0.15, 0.2) is 5.13 Å². The van der Waals surface area contributed by atoms with Gasteiger partial charge in [-0.2, -0.15) is 13.2 Å². The molecule has 0 atom stereocenters. The lowest BCUT2D eigenvalue weighted by atomic mass is 9.99. The minimum Gasteiger partial charge on any atom is -0.477 e. The number of aromatic nitrogens is 1. The highest BCUT2D eigenvalue weighted by molar-refractivity contribution is 7.14. The van der Waals surface area contributed by atoms with Crippen molar-refractivity contribution in [3.05, 3.63) is 76.6 Å². The number of hydrogen-bond donors (Lipinski definition) is 3. The Morgan fingerprint density at radius 1 is 1.16 bits per heavy atom. The van der Waals surface area contributed by atoms with Gasteiger partial charge in [0.05, 0.1) is 11.3 Å². The fraction of sp³-hybridized carbons (Fsp3) is 0.0952. The van der Waals surface area contributed by atoms with Crippen LogP contribution in [0.5, 0.6) is 0 Å². The van der Waals surface area contributed by atoms with Crippen LogP contribution in [0.2, 0.25) is 0 Å². The highest BCUT2D eigenvalue weighted by Gasteiger charge is 2.30. The summed E-state index contributed by atoms with van der Waals surface area (Å²) in [6.45, 7) is 1.38. The molecule has 2 aromatic carbocycles. The Hall–Kier alpha value is -3.53. The molecule has 3 rings (SSSR count). The number of allylic oxidation sites excluding steroid dienone is 1. The summed E-state index contributed by atoms with van der Waals surface area (Å²) in [6, 6.07) is 9.62. The molecule has 0 saturated carbocycles. The van der Waals surface area contributed by atoms with Gasteiger partial charge in [-0.3, -0.25) is 0 Å². The van der Waals surface area contributed by atoms with E-state index >= 15 is 0 Å². The second-order valence-corrected chi connectivity index (χ2v) is 7.29. The summed E-state index contributed by atoms with van der Waals surface area (Å²) in [5.74, 6) is -1.96. The number of alkyl halides is 3. The van der Waals surface area contributed by atoms with Gasteiger partial charge in [0.2, 0.25) is 0 Å². The summed E-state index contributed by atoms with van der Waals surface area (Å²) in [6.07, 6.45) is -4.45. The van der Waals surface area contributed by atoms with Gasteiger partial charge in [-0.05, 0) is 36.8 Å². The fourth-order valence-corrected chi connectivity index (χ4v) is 3.54. The number of aliphatic carboxylic acids is 1. The monoisotopic (exact) mass is 449 g/mol. The average Bonchev–Trinajstić information content (AvgIpc) is 3.15. The van der Waals surface area contributed by atoms with Crippen molar-refractivity contribution in [2.24, 2.45) is 0 Å². The van der Waals surface area contributed by atoms with Crippen molar-refractivity contribution in [2.75, 3.05) is 5.32 Å². The normalized spacial score (nSPS) is 12.3. The quantitative estimate of drug-likeness (QED) is 0.248. The lowest BCUT2D eigenvalue weighted by molar-refractivity contribution is -0.137. The Balaban J connectivity index is 1.96. The van der Waals surface area contributed by atoms with Gasteiger partial charge in [-0.25, -0.2) is 14.2 Å². The van der Waals surface area contributed by atoms with Crippen molar-refractivity contribution >= 4 is 33.7 Å². The van der Waals surface area contributed by atoms with E-state index < -0.39 is 23.5 Å². The van der Waals surface area contributed by atoms with Gasteiger partial charge in [-0.15, -0.1) is 11.3 Å². The molecule has 3 N–H and O–H groups in total. The van der Waals surface area contributed by atoms with Crippen LogP contribution in [0.25, 0.3) is 16.8 Å². The third-order valence-corrected chi connectivity index (χ3v) is 4.95. The SMILES string of the molecule is CC(=N)/C(=C(\Nc1nc(-c2ccc(C(F)(F)F)cc2)cs1)C(=O)O)c1cccc(F)c1. The van der Waals surface area contributed by atoms with Crippen LogP contribution in [0, 0.1) is 11.2 Å². The molecule has 0 bridgehead atoms. The first kappa shape index (κ1) is 22.2. The molecular weight excluding hydrogens is 434 g/mol. The van der Waals surface area contributed by atoms with E-state index in [0.29, 0.717) is 11.3 Å². The van der Waals surface area contributed by atoms with E-state index in [1.807, 2.05) is 0 Å². The van der Waals surface area contributed by atoms with Crippen LogP contribution >= 0.6 is 11.3 Å². The predicted molar refractivity (Wildman–Crippen MR) is 111 cm³/mol. The predicted octanol–water partition coefficient (Wildman–Crippen LogP) is 5.92. The van der Waals surface area contributed by atoms with E-state index in [-0.39, 0.29) is 27.7 Å². The molecule has 31 heavy (non-hydrogen) atoms. The van der Waals surface area contributed by atoms with Gasteiger partial charge in [-0.1, -0.05) is 24.3 Å². The minimum atomic E-state index is -4.45. The largest absolute Gasteiger partial charge is 0.477 e. The number of benzene rings is 2. The van der Waals surface area contributed by atoms with E-state index in [0.717, 1.165) is 29.5 Å². The molecule has 5 nitrogen and oxygen atoms in total. The van der Waals surface area contributed by atoms with Crippen LogP contribution in [-0.4, -0.2) is 21.8 Å². The van der Waals surface area contributed by atoms with Gasteiger partial charge in [0.25, 0.3) is 0 Å². The summed E-state index contributed by atoms with van der Waals surface area (Å²) in [5, 5.41) is 22.0. The molecule has 1 aromatic heterocycles. The van der Waals surface area contributed by atoms with Crippen molar-refractivity contribution in [3.63, 3.8) is 0 Å². The first-order valence-electron chi connectivity index (χ1n) is 8.75. The zero-order valence-electron chi connectivity index (χ0n) is 15.9. The Morgan fingerprint density at radius 3 is 2.39 bits per heavy atom. The zero-order chi connectivity index (χ0) is 22.8. The van der Waals surface area contributed by atoms with Crippen molar-refractivity contribution in [2.45, 2.75) is 13.1 Å². The molecule has 160 valence electrons. The van der Waals surface area contributed by atoms with Crippen LogP contribution < -0.4 is 5.32 Å². The van der Waals surface area contributed by atoms with Crippen LogP contribution in [0.4, 0.5) is 22.7 Å².